The third-order valence-electron chi connectivity index (χ3n) is 2.64. The minimum absolute atomic E-state index is 0.918. The van der Waals surface area contributed by atoms with E-state index in [-0.39, 0.29) is 0 Å². The molecule has 0 saturated carbocycles. The van der Waals surface area contributed by atoms with Gasteiger partial charge in [0.25, 0.3) is 0 Å². The summed E-state index contributed by atoms with van der Waals surface area (Å²) < 4.78 is 2.04. The molecule has 2 aromatic rings. The summed E-state index contributed by atoms with van der Waals surface area (Å²) >= 11 is 0. The molecule has 0 amide bonds. The highest BCUT2D eigenvalue weighted by atomic mass is 15.1. The zero-order valence-corrected chi connectivity index (χ0v) is 10.2. The summed E-state index contributed by atoms with van der Waals surface area (Å²) in [5.41, 5.74) is 3.39. The Labute approximate surface area is 102 Å². The first-order valence-corrected chi connectivity index (χ1v) is 5.65. The van der Waals surface area contributed by atoms with Crippen LogP contribution in [0, 0.1) is 6.92 Å². The highest BCUT2D eigenvalue weighted by molar-refractivity contribution is 5.64. The van der Waals surface area contributed by atoms with E-state index in [0.29, 0.717) is 0 Å². The maximum Gasteiger partial charge on any atom is 0.137 e. The van der Waals surface area contributed by atoms with Gasteiger partial charge in [-0.25, -0.2) is 4.98 Å². The first kappa shape index (κ1) is 11.4. The van der Waals surface area contributed by atoms with Crippen molar-refractivity contribution in [2.75, 3.05) is 0 Å². The van der Waals surface area contributed by atoms with Gasteiger partial charge in [0.1, 0.15) is 5.82 Å². The molecule has 0 aliphatic heterocycles. The first-order valence-electron chi connectivity index (χ1n) is 5.65. The summed E-state index contributed by atoms with van der Waals surface area (Å²) in [4.78, 5) is 4.42. The highest BCUT2D eigenvalue weighted by Crippen LogP contribution is 2.18. The van der Waals surface area contributed by atoms with Gasteiger partial charge >= 0.3 is 0 Å². The molecule has 2 heterocycles. The minimum atomic E-state index is 0.918. The molecule has 0 aliphatic rings. The van der Waals surface area contributed by atoms with E-state index in [1.165, 1.54) is 0 Å². The van der Waals surface area contributed by atoms with Crippen molar-refractivity contribution in [2.24, 2.45) is 0 Å². The van der Waals surface area contributed by atoms with Gasteiger partial charge in [-0.05, 0) is 43.2 Å². The third-order valence-corrected chi connectivity index (χ3v) is 2.64. The topological polar surface area (TPSA) is 17.8 Å². The van der Waals surface area contributed by atoms with E-state index in [1.807, 2.05) is 49.0 Å². The zero-order valence-electron chi connectivity index (χ0n) is 10.2. The number of nitrogens with zero attached hydrogens (tertiary/aromatic N) is 2. The van der Waals surface area contributed by atoms with Crippen molar-refractivity contribution in [1.29, 1.82) is 0 Å². The highest BCUT2D eigenvalue weighted by Gasteiger charge is 2.05. The molecule has 0 radical (unpaired) electrons. The lowest BCUT2D eigenvalue weighted by Gasteiger charge is -2.06. The number of allylic oxidation sites excluding steroid dienone is 1. The summed E-state index contributed by atoms with van der Waals surface area (Å²) in [5, 5.41) is 0. The summed E-state index contributed by atoms with van der Waals surface area (Å²) in [6, 6.07) is 6.14. The predicted molar refractivity (Wildman–Crippen MR) is 73.1 cm³/mol. The van der Waals surface area contributed by atoms with Crippen LogP contribution in [0.4, 0.5) is 0 Å². The average Bonchev–Trinajstić information content (AvgIpc) is 2.73. The van der Waals surface area contributed by atoms with E-state index in [2.05, 4.69) is 29.8 Å². The quantitative estimate of drug-likeness (QED) is 0.774. The van der Waals surface area contributed by atoms with E-state index in [4.69, 9.17) is 0 Å². The van der Waals surface area contributed by atoms with Crippen LogP contribution in [0.1, 0.15) is 23.7 Å². The Morgan fingerprint density at radius 2 is 2.12 bits per heavy atom. The molecule has 0 saturated heterocycles. The van der Waals surface area contributed by atoms with Gasteiger partial charge < -0.3 is 4.57 Å². The van der Waals surface area contributed by atoms with Crippen LogP contribution in [0.5, 0.6) is 0 Å². The predicted octanol–water partition coefficient (Wildman–Crippen LogP) is 3.86. The lowest BCUT2D eigenvalue weighted by molar-refractivity contribution is 0.990. The maximum absolute atomic E-state index is 4.42. The van der Waals surface area contributed by atoms with E-state index in [0.717, 1.165) is 22.6 Å². The van der Waals surface area contributed by atoms with Gasteiger partial charge in [-0.3, -0.25) is 0 Å². The Kier molecular flexibility index (Phi) is 3.24. The molecule has 2 aromatic heterocycles. The number of aryl methyl sites for hydroxylation is 1. The van der Waals surface area contributed by atoms with Crippen molar-refractivity contribution < 1.29 is 0 Å². The van der Waals surface area contributed by atoms with Gasteiger partial charge in [0.2, 0.25) is 0 Å². The van der Waals surface area contributed by atoms with Crippen LogP contribution in [0.2, 0.25) is 0 Å². The second-order valence-corrected chi connectivity index (χ2v) is 3.92. The monoisotopic (exact) mass is 224 g/mol. The van der Waals surface area contributed by atoms with E-state index >= 15 is 0 Å². The van der Waals surface area contributed by atoms with Gasteiger partial charge in [-0.2, -0.15) is 0 Å². The molecule has 0 N–H and O–H groups in total. The Hall–Kier alpha value is -2.09. The summed E-state index contributed by atoms with van der Waals surface area (Å²) in [6.07, 6.45) is 9.84. The van der Waals surface area contributed by atoms with Crippen LogP contribution in [0.15, 0.2) is 43.2 Å². The SMILES string of the molecule is C=Cc1c(/C=C\C)ccn1-c1ccc(C)cn1. The van der Waals surface area contributed by atoms with Crippen LogP contribution >= 0.6 is 0 Å². The third kappa shape index (κ3) is 2.21. The standard InChI is InChI=1S/C15H16N2/c1-4-6-13-9-10-17(14(13)5-2)15-8-7-12(3)11-16-15/h4-11H,2H2,1,3H3/b6-4-. The normalized spacial score (nSPS) is 10.9. The largest absolute Gasteiger partial charge is 0.301 e. The van der Waals surface area contributed by atoms with Gasteiger partial charge in [-0.1, -0.05) is 24.8 Å². The van der Waals surface area contributed by atoms with Gasteiger partial charge in [0, 0.05) is 12.4 Å². The average molecular weight is 224 g/mol. The van der Waals surface area contributed by atoms with Gasteiger partial charge in [0.05, 0.1) is 5.69 Å². The second-order valence-electron chi connectivity index (χ2n) is 3.92. The van der Waals surface area contributed by atoms with E-state index < -0.39 is 0 Å². The van der Waals surface area contributed by atoms with Crippen LogP contribution in [-0.4, -0.2) is 9.55 Å². The van der Waals surface area contributed by atoms with E-state index in [9.17, 15) is 0 Å². The van der Waals surface area contributed by atoms with Crippen LogP contribution in [0.3, 0.4) is 0 Å². The van der Waals surface area contributed by atoms with Crippen molar-refractivity contribution in [1.82, 2.24) is 9.55 Å². The lowest BCUT2D eigenvalue weighted by atomic mass is 10.2. The molecule has 2 nitrogen and oxygen atoms in total. The zero-order chi connectivity index (χ0) is 12.3. The first-order chi connectivity index (χ1) is 8.26. The van der Waals surface area contributed by atoms with Crippen molar-refractivity contribution in [2.45, 2.75) is 13.8 Å². The molecular formula is C15H16N2. The minimum Gasteiger partial charge on any atom is -0.301 e. The number of hydrogen-bond donors (Lipinski definition) is 0. The fourth-order valence-corrected chi connectivity index (χ4v) is 1.80. The molecule has 0 unspecified atom stereocenters. The lowest BCUT2D eigenvalue weighted by Crippen LogP contribution is -1.98. The van der Waals surface area contributed by atoms with Crippen molar-refractivity contribution >= 4 is 12.2 Å². The number of pyridine rings is 1. The molecule has 2 heteroatoms. The Morgan fingerprint density at radius 3 is 2.71 bits per heavy atom. The molecule has 17 heavy (non-hydrogen) atoms. The summed E-state index contributed by atoms with van der Waals surface area (Å²) in [5.74, 6) is 0.918. The number of rotatable bonds is 3. The molecule has 0 aliphatic carbocycles. The Balaban J connectivity index is 2.52. The molecule has 0 fully saturated rings. The molecule has 86 valence electrons. The van der Waals surface area contributed by atoms with Crippen molar-refractivity contribution in [3.63, 3.8) is 0 Å². The Morgan fingerprint density at radius 1 is 1.29 bits per heavy atom. The van der Waals surface area contributed by atoms with E-state index in [1.54, 1.807) is 0 Å². The van der Waals surface area contributed by atoms with Crippen LogP contribution in [0.25, 0.3) is 18.0 Å². The summed E-state index contributed by atoms with van der Waals surface area (Å²) in [6.45, 7) is 7.91. The van der Waals surface area contributed by atoms with Gasteiger partial charge in [-0.15, -0.1) is 0 Å². The fourth-order valence-electron chi connectivity index (χ4n) is 1.80. The second kappa shape index (κ2) is 4.83. The molecule has 0 aromatic carbocycles. The molecule has 0 bridgehead atoms. The molecule has 0 spiro atoms. The molecular weight excluding hydrogens is 208 g/mol. The fraction of sp³-hybridized carbons (Fsp3) is 0.133. The van der Waals surface area contributed by atoms with Crippen molar-refractivity contribution in [3.8, 4) is 5.82 Å². The smallest absolute Gasteiger partial charge is 0.137 e. The summed E-state index contributed by atoms with van der Waals surface area (Å²) in [7, 11) is 0. The van der Waals surface area contributed by atoms with Gasteiger partial charge in [0.15, 0.2) is 0 Å². The maximum atomic E-state index is 4.42. The van der Waals surface area contributed by atoms with Crippen molar-refractivity contribution in [3.05, 3.63) is 60.1 Å². The Bertz CT molecular complexity index is 545. The number of aromatic nitrogens is 2. The van der Waals surface area contributed by atoms with Crippen LogP contribution < -0.4 is 0 Å². The molecule has 2 rings (SSSR count). The number of hydrogen-bond acceptors (Lipinski definition) is 1. The molecule has 0 atom stereocenters. The van der Waals surface area contributed by atoms with Crippen LogP contribution in [-0.2, 0) is 0 Å².